The fourth-order valence-corrected chi connectivity index (χ4v) is 2.28. The molecule has 0 atom stereocenters. The molecule has 0 unspecified atom stereocenters. The van der Waals surface area contributed by atoms with E-state index in [9.17, 15) is 19.5 Å². The van der Waals surface area contributed by atoms with E-state index in [0.29, 0.717) is 32.5 Å². The summed E-state index contributed by atoms with van der Waals surface area (Å²) in [4.78, 5) is 34.8. The molecule has 1 saturated heterocycles. The molecule has 1 fully saturated rings. The van der Waals surface area contributed by atoms with E-state index in [-0.39, 0.29) is 30.3 Å². The summed E-state index contributed by atoms with van der Waals surface area (Å²) in [6.07, 6.45) is 1.08. The second-order valence-electron chi connectivity index (χ2n) is 6.99. The van der Waals surface area contributed by atoms with Crippen molar-refractivity contribution in [2.24, 2.45) is 10.8 Å². The van der Waals surface area contributed by atoms with Crippen LogP contribution in [0.4, 0.5) is 0 Å². The molecule has 22 heavy (non-hydrogen) atoms. The fourth-order valence-electron chi connectivity index (χ4n) is 2.28. The molecular formula is C15H26N2O5. The molecule has 1 rings (SSSR count). The highest BCUT2D eigenvalue weighted by molar-refractivity contribution is 5.85. The third-order valence-corrected chi connectivity index (χ3v) is 3.66. The molecular weight excluding hydrogens is 288 g/mol. The Morgan fingerprint density at radius 3 is 2.18 bits per heavy atom. The molecule has 0 aliphatic carbocycles. The summed E-state index contributed by atoms with van der Waals surface area (Å²) < 4.78 is 5.17. The standard InChI is InChI=1S/C15H26N2O5/c1-14(2,3)8-11(18)16-9-12(19)17-10-15(13(20)21)4-6-22-7-5-15/h4-10H2,1-3H3,(H,16,18)(H,17,19)(H,20,21). The number of carboxylic acids is 1. The van der Waals surface area contributed by atoms with Crippen LogP contribution in [-0.2, 0) is 19.1 Å². The van der Waals surface area contributed by atoms with Gasteiger partial charge in [-0.25, -0.2) is 0 Å². The minimum atomic E-state index is -0.969. The average molecular weight is 314 g/mol. The molecule has 1 aliphatic rings. The van der Waals surface area contributed by atoms with Gasteiger partial charge in [0.1, 0.15) is 0 Å². The number of ether oxygens (including phenoxy) is 1. The summed E-state index contributed by atoms with van der Waals surface area (Å²) in [6.45, 7) is 6.49. The molecule has 1 aliphatic heterocycles. The number of carbonyl (C=O) groups is 3. The van der Waals surface area contributed by atoms with E-state index in [1.807, 2.05) is 20.8 Å². The molecule has 1 heterocycles. The molecule has 0 aromatic carbocycles. The van der Waals surface area contributed by atoms with Crippen LogP contribution in [-0.4, -0.2) is 49.2 Å². The van der Waals surface area contributed by atoms with Crippen LogP contribution in [0.25, 0.3) is 0 Å². The smallest absolute Gasteiger partial charge is 0.311 e. The zero-order valence-corrected chi connectivity index (χ0v) is 13.5. The van der Waals surface area contributed by atoms with Crippen molar-refractivity contribution in [2.45, 2.75) is 40.0 Å². The van der Waals surface area contributed by atoms with Crippen molar-refractivity contribution in [3.63, 3.8) is 0 Å². The van der Waals surface area contributed by atoms with E-state index >= 15 is 0 Å². The van der Waals surface area contributed by atoms with E-state index in [2.05, 4.69) is 10.6 Å². The van der Waals surface area contributed by atoms with E-state index in [1.54, 1.807) is 0 Å². The first kappa shape index (κ1) is 18.4. The molecule has 7 nitrogen and oxygen atoms in total. The van der Waals surface area contributed by atoms with Gasteiger partial charge in [-0.3, -0.25) is 14.4 Å². The average Bonchev–Trinajstić information content (AvgIpc) is 2.42. The number of carboxylic acid groups (broad SMARTS) is 1. The van der Waals surface area contributed by atoms with Gasteiger partial charge in [0.15, 0.2) is 0 Å². The summed E-state index contributed by atoms with van der Waals surface area (Å²) >= 11 is 0. The largest absolute Gasteiger partial charge is 0.481 e. The highest BCUT2D eigenvalue weighted by Crippen LogP contribution is 2.30. The van der Waals surface area contributed by atoms with Crippen molar-refractivity contribution < 1.29 is 24.2 Å². The van der Waals surface area contributed by atoms with E-state index in [4.69, 9.17) is 4.74 Å². The molecule has 0 aromatic heterocycles. The van der Waals surface area contributed by atoms with Crippen LogP contribution in [0, 0.1) is 10.8 Å². The lowest BCUT2D eigenvalue weighted by Crippen LogP contribution is -2.48. The minimum absolute atomic E-state index is 0.0552. The Hall–Kier alpha value is -1.63. The van der Waals surface area contributed by atoms with Crippen molar-refractivity contribution in [3.8, 4) is 0 Å². The van der Waals surface area contributed by atoms with Gasteiger partial charge >= 0.3 is 5.97 Å². The van der Waals surface area contributed by atoms with Crippen molar-refractivity contribution in [1.29, 1.82) is 0 Å². The summed E-state index contributed by atoms with van der Waals surface area (Å²) in [5.41, 5.74) is -1.11. The van der Waals surface area contributed by atoms with Crippen molar-refractivity contribution in [3.05, 3.63) is 0 Å². The number of aliphatic carboxylic acids is 1. The third-order valence-electron chi connectivity index (χ3n) is 3.66. The van der Waals surface area contributed by atoms with Crippen LogP contribution in [0.3, 0.4) is 0 Å². The van der Waals surface area contributed by atoms with Crippen LogP contribution in [0.5, 0.6) is 0 Å². The fraction of sp³-hybridized carbons (Fsp3) is 0.800. The summed E-state index contributed by atoms with van der Waals surface area (Å²) in [5, 5.41) is 14.5. The lowest BCUT2D eigenvalue weighted by Gasteiger charge is -2.33. The van der Waals surface area contributed by atoms with Gasteiger partial charge in [-0.05, 0) is 18.3 Å². The first-order valence-electron chi connectivity index (χ1n) is 7.49. The molecule has 0 spiro atoms. The second-order valence-corrected chi connectivity index (χ2v) is 6.99. The Bertz CT molecular complexity index is 422. The van der Waals surface area contributed by atoms with Crippen LogP contribution < -0.4 is 10.6 Å². The summed E-state index contributed by atoms with van der Waals surface area (Å²) in [6, 6.07) is 0. The van der Waals surface area contributed by atoms with Crippen molar-refractivity contribution in [1.82, 2.24) is 10.6 Å². The monoisotopic (exact) mass is 314 g/mol. The topological polar surface area (TPSA) is 105 Å². The predicted octanol–water partition coefficient (Wildman–Crippen LogP) is 0.536. The first-order chi connectivity index (χ1) is 10.1. The Balaban J connectivity index is 2.38. The lowest BCUT2D eigenvalue weighted by atomic mass is 9.80. The van der Waals surface area contributed by atoms with Gasteiger partial charge in [0, 0.05) is 26.2 Å². The number of carbonyl (C=O) groups excluding carboxylic acids is 2. The number of hydrogen-bond donors (Lipinski definition) is 3. The van der Waals surface area contributed by atoms with Gasteiger partial charge in [0.25, 0.3) is 0 Å². The van der Waals surface area contributed by atoms with Crippen LogP contribution in [0.1, 0.15) is 40.0 Å². The Labute approximate surface area is 130 Å². The van der Waals surface area contributed by atoms with Gasteiger partial charge in [-0.2, -0.15) is 0 Å². The maximum Gasteiger partial charge on any atom is 0.311 e. The third kappa shape index (κ3) is 6.01. The Kier molecular flexibility index (Phi) is 6.34. The zero-order valence-electron chi connectivity index (χ0n) is 13.5. The van der Waals surface area contributed by atoms with Crippen LogP contribution in [0.2, 0.25) is 0 Å². The van der Waals surface area contributed by atoms with Crippen molar-refractivity contribution >= 4 is 17.8 Å². The number of rotatable bonds is 6. The van der Waals surface area contributed by atoms with E-state index in [0.717, 1.165) is 0 Å². The van der Waals surface area contributed by atoms with Gasteiger partial charge in [-0.15, -0.1) is 0 Å². The molecule has 0 radical (unpaired) electrons. The van der Waals surface area contributed by atoms with E-state index < -0.39 is 11.4 Å². The van der Waals surface area contributed by atoms with Crippen LogP contribution in [0.15, 0.2) is 0 Å². The van der Waals surface area contributed by atoms with Gasteiger partial charge in [0.2, 0.25) is 11.8 Å². The summed E-state index contributed by atoms with van der Waals surface area (Å²) in [5.74, 6) is -1.50. The van der Waals surface area contributed by atoms with Gasteiger partial charge < -0.3 is 20.5 Å². The molecule has 0 saturated carbocycles. The molecule has 7 heteroatoms. The predicted molar refractivity (Wildman–Crippen MR) is 80.2 cm³/mol. The van der Waals surface area contributed by atoms with E-state index in [1.165, 1.54) is 0 Å². The first-order valence-corrected chi connectivity index (χ1v) is 7.49. The number of nitrogens with one attached hydrogen (secondary N) is 2. The van der Waals surface area contributed by atoms with Gasteiger partial charge in [-0.1, -0.05) is 20.8 Å². The normalized spacial score (nSPS) is 17.6. The van der Waals surface area contributed by atoms with Crippen molar-refractivity contribution in [2.75, 3.05) is 26.3 Å². The zero-order chi connectivity index (χ0) is 16.8. The highest BCUT2D eigenvalue weighted by atomic mass is 16.5. The second kappa shape index (κ2) is 7.58. The number of amides is 2. The maximum absolute atomic E-state index is 11.8. The molecule has 0 aromatic rings. The molecule has 2 amide bonds. The Morgan fingerprint density at radius 2 is 1.68 bits per heavy atom. The minimum Gasteiger partial charge on any atom is -0.481 e. The molecule has 3 N–H and O–H groups in total. The highest BCUT2D eigenvalue weighted by Gasteiger charge is 2.40. The molecule has 126 valence electrons. The van der Waals surface area contributed by atoms with Gasteiger partial charge in [0.05, 0.1) is 12.0 Å². The summed E-state index contributed by atoms with van der Waals surface area (Å²) in [7, 11) is 0. The maximum atomic E-state index is 11.8. The lowest BCUT2D eigenvalue weighted by molar-refractivity contribution is -0.154. The molecule has 0 bridgehead atoms. The number of hydrogen-bond acceptors (Lipinski definition) is 4. The quantitative estimate of drug-likeness (QED) is 0.663. The SMILES string of the molecule is CC(C)(C)CC(=O)NCC(=O)NCC1(C(=O)O)CCOCC1. The Morgan fingerprint density at radius 1 is 1.09 bits per heavy atom. The van der Waals surface area contributed by atoms with Crippen LogP contribution >= 0.6 is 0 Å².